The van der Waals surface area contributed by atoms with Crippen molar-refractivity contribution in [2.75, 3.05) is 7.11 Å². The maximum atomic E-state index is 12.6. The Morgan fingerprint density at radius 2 is 2.05 bits per heavy atom. The van der Waals surface area contributed by atoms with Crippen LogP contribution in [0.1, 0.15) is 57.1 Å². The molecule has 1 aliphatic carbocycles. The van der Waals surface area contributed by atoms with Gasteiger partial charge in [0.15, 0.2) is 5.78 Å². The Labute approximate surface area is 122 Å². The fourth-order valence-electron chi connectivity index (χ4n) is 3.38. The van der Waals surface area contributed by atoms with Crippen LogP contribution in [-0.4, -0.2) is 19.0 Å². The number of hydrogen-bond donors (Lipinski definition) is 0. The Hall–Kier alpha value is -1.15. The van der Waals surface area contributed by atoms with E-state index in [-0.39, 0.29) is 17.3 Å². The minimum absolute atomic E-state index is 0.139. The number of ether oxygens (including phenoxy) is 1. The number of hydrogen-bond acceptors (Lipinski definition) is 2. The van der Waals surface area contributed by atoms with Crippen molar-refractivity contribution in [2.24, 2.45) is 5.41 Å². The Bertz CT molecular complexity index is 471. The molecule has 2 rings (SSSR count). The van der Waals surface area contributed by atoms with Crippen molar-refractivity contribution in [1.82, 2.24) is 0 Å². The summed E-state index contributed by atoms with van der Waals surface area (Å²) in [5.74, 6) is 0.606. The molecule has 0 radical (unpaired) electrons. The monoisotopic (exact) mass is 274 g/mol. The van der Waals surface area contributed by atoms with Gasteiger partial charge in [-0.05, 0) is 41.7 Å². The Balaban J connectivity index is 2.13. The summed E-state index contributed by atoms with van der Waals surface area (Å²) < 4.78 is 5.46. The number of carbonyl (C=O) groups excluding carboxylic acids is 1. The van der Waals surface area contributed by atoms with Gasteiger partial charge in [0.2, 0.25) is 0 Å². The zero-order valence-corrected chi connectivity index (χ0v) is 13.1. The van der Waals surface area contributed by atoms with Crippen LogP contribution in [0.4, 0.5) is 0 Å². The van der Waals surface area contributed by atoms with Crippen LogP contribution in [-0.2, 0) is 16.0 Å². The molecule has 0 aromatic heterocycles. The van der Waals surface area contributed by atoms with E-state index >= 15 is 0 Å². The molecule has 0 heterocycles. The highest BCUT2D eigenvalue weighted by Gasteiger charge is 2.33. The molecule has 1 aromatic rings. The van der Waals surface area contributed by atoms with E-state index < -0.39 is 0 Å². The molecule has 20 heavy (non-hydrogen) atoms. The SMILES string of the molecule is COC(C(=O)CC1CCCc2ccccc21)C(C)(C)C. The van der Waals surface area contributed by atoms with Crippen LogP contribution in [0.25, 0.3) is 0 Å². The molecule has 0 bridgehead atoms. The van der Waals surface area contributed by atoms with Gasteiger partial charge in [0.05, 0.1) is 0 Å². The zero-order valence-electron chi connectivity index (χ0n) is 13.1. The van der Waals surface area contributed by atoms with Gasteiger partial charge >= 0.3 is 0 Å². The molecule has 1 aromatic carbocycles. The highest BCUT2D eigenvalue weighted by atomic mass is 16.5. The van der Waals surface area contributed by atoms with Crippen LogP contribution in [0, 0.1) is 5.41 Å². The van der Waals surface area contributed by atoms with Gasteiger partial charge < -0.3 is 4.74 Å². The van der Waals surface area contributed by atoms with Gasteiger partial charge in [-0.3, -0.25) is 4.79 Å². The van der Waals surface area contributed by atoms with Gasteiger partial charge in [-0.25, -0.2) is 0 Å². The average Bonchev–Trinajstić information content (AvgIpc) is 2.38. The van der Waals surface area contributed by atoms with Crippen molar-refractivity contribution in [3.05, 3.63) is 35.4 Å². The summed E-state index contributed by atoms with van der Waals surface area (Å²) in [5, 5.41) is 0. The summed E-state index contributed by atoms with van der Waals surface area (Å²) in [7, 11) is 1.64. The third-order valence-electron chi connectivity index (χ3n) is 4.26. The van der Waals surface area contributed by atoms with Crippen LogP contribution in [0.15, 0.2) is 24.3 Å². The van der Waals surface area contributed by atoms with E-state index in [4.69, 9.17) is 4.74 Å². The molecule has 0 saturated carbocycles. The number of carbonyl (C=O) groups is 1. The first-order valence-electron chi connectivity index (χ1n) is 7.57. The molecule has 2 unspecified atom stereocenters. The zero-order chi connectivity index (χ0) is 14.8. The first-order chi connectivity index (χ1) is 9.43. The highest BCUT2D eigenvalue weighted by molar-refractivity contribution is 5.84. The van der Waals surface area contributed by atoms with Gasteiger partial charge in [-0.2, -0.15) is 0 Å². The largest absolute Gasteiger partial charge is 0.373 e. The minimum Gasteiger partial charge on any atom is -0.373 e. The van der Waals surface area contributed by atoms with E-state index in [1.54, 1.807) is 7.11 Å². The lowest BCUT2D eigenvalue weighted by molar-refractivity contribution is -0.135. The van der Waals surface area contributed by atoms with Gasteiger partial charge in [-0.15, -0.1) is 0 Å². The topological polar surface area (TPSA) is 26.3 Å². The average molecular weight is 274 g/mol. The van der Waals surface area contributed by atoms with Crippen molar-refractivity contribution in [3.8, 4) is 0 Å². The fourth-order valence-corrected chi connectivity index (χ4v) is 3.38. The minimum atomic E-state index is -0.309. The van der Waals surface area contributed by atoms with Crippen molar-refractivity contribution in [2.45, 2.75) is 58.5 Å². The maximum Gasteiger partial charge on any atom is 0.162 e. The Morgan fingerprint density at radius 3 is 2.70 bits per heavy atom. The van der Waals surface area contributed by atoms with E-state index in [9.17, 15) is 4.79 Å². The number of rotatable bonds is 4. The molecule has 0 N–H and O–H groups in total. The molecular weight excluding hydrogens is 248 g/mol. The summed E-state index contributed by atoms with van der Waals surface area (Å²) in [6.45, 7) is 6.19. The molecule has 110 valence electrons. The van der Waals surface area contributed by atoms with E-state index in [2.05, 4.69) is 45.0 Å². The molecule has 1 aliphatic rings. The Morgan fingerprint density at radius 1 is 1.35 bits per heavy atom. The first-order valence-corrected chi connectivity index (χ1v) is 7.57. The van der Waals surface area contributed by atoms with E-state index in [1.807, 2.05) is 0 Å². The third-order valence-corrected chi connectivity index (χ3v) is 4.26. The van der Waals surface area contributed by atoms with Crippen LogP contribution in [0.2, 0.25) is 0 Å². The number of fused-ring (bicyclic) bond motifs is 1. The second kappa shape index (κ2) is 6.09. The predicted octanol–water partition coefficient (Wildman–Crippen LogP) is 4.13. The van der Waals surface area contributed by atoms with Gasteiger partial charge in [0.1, 0.15) is 6.10 Å². The third kappa shape index (κ3) is 3.29. The summed E-state index contributed by atoms with van der Waals surface area (Å²) in [5.41, 5.74) is 2.65. The number of Topliss-reactive ketones (excluding diaryl/α,β-unsaturated/α-hetero) is 1. The van der Waals surface area contributed by atoms with E-state index in [0.29, 0.717) is 12.3 Å². The van der Waals surface area contributed by atoms with Crippen LogP contribution < -0.4 is 0 Å². The fraction of sp³-hybridized carbons (Fsp3) is 0.611. The maximum absolute atomic E-state index is 12.6. The lowest BCUT2D eigenvalue weighted by Gasteiger charge is -2.31. The molecular formula is C18H26O2. The summed E-state index contributed by atoms with van der Waals surface area (Å²) in [6, 6.07) is 8.56. The van der Waals surface area contributed by atoms with Crippen LogP contribution >= 0.6 is 0 Å². The molecule has 0 spiro atoms. The van der Waals surface area contributed by atoms with Crippen molar-refractivity contribution < 1.29 is 9.53 Å². The molecule has 2 heteroatoms. The van der Waals surface area contributed by atoms with Gasteiger partial charge in [0.25, 0.3) is 0 Å². The normalized spacial score (nSPS) is 20.3. The number of benzene rings is 1. The number of methoxy groups -OCH3 is 1. The second-order valence-electron chi connectivity index (χ2n) is 6.94. The standard InChI is InChI=1S/C18H26O2/c1-18(2,3)17(20-4)16(19)12-14-10-7-9-13-8-5-6-11-15(13)14/h5-6,8,11,14,17H,7,9-10,12H2,1-4H3. The van der Waals surface area contributed by atoms with Crippen LogP contribution in [0.5, 0.6) is 0 Å². The van der Waals surface area contributed by atoms with Gasteiger partial charge in [0, 0.05) is 13.5 Å². The van der Waals surface area contributed by atoms with E-state index in [0.717, 1.165) is 12.8 Å². The first kappa shape index (κ1) is 15.2. The molecule has 2 nitrogen and oxygen atoms in total. The lowest BCUT2D eigenvalue weighted by atomic mass is 9.77. The molecule has 0 saturated heterocycles. The summed E-state index contributed by atoms with van der Waals surface area (Å²) in [4.78, 5) is 12.6. The summed E-state index contributed by atoms with van der Waals surface area (Å²) >= 11 is 0. The molecule has 0 aliphatic heterocycles. The lowest BCUT2D eigenvalue weighted by Crippen LogP contribution is -2.37. The molecule has 2 atom stereocenters. The Kier molecular flexibility index (Phi) is 4.64. The quantitative estimate of drug-likeness (QED) is 0.825. The van der Waals surface area contributed by atoms with Crippen molar-refractivity contribution in [1.29, 1.82) is 0 Å². The smallest absolute Gasteiger partial charge is 0.162 e. The van der Waals surface area contributed by atoms with Crippen molar-refractivity contribution in [3.63, 3.8) is 0 Å². The van der Waals surface area contributed by atoms with Crippen LogP contribution in [0.3, 0.4) is 0 Å². The number of aryl methyl sites for hydroxylation is 1. The summed E-state index contributed by atoms with van der Waals surface area (Å²) in [6.07, 6.45) is 3.74. The van der Waals surface area contributed by atoms with E-state index in [1.165, 1.54) is 17.5 Å². The number of ketones is 1. The predicted molar refractivity (Wildman–Crippen MR) is 82.0 cm³/mol. The highest BCUT2D eigenvalue weighted by Crippen LogP contribution is 2.35. The molecule has 0 fully saturated rings. The van der Waals surface area contributed by atoms with Crippen molar-refractivity contribution >= 4 is 5.78 Å². The second-order valence-corrected chi connectivity index (χ2v) is 6.94. The molecule has 0 amide bonds. The van der Waals surface area contributed by atoms with Gasteiger partial charge in [-0.1, -0.05) is 45.0 Å².